The van der Waals surface area contributed by atoms with Crippen LogP contribution < -0.4 is 4.90 Å². The molecule has 2 amide bonds. The first-order chi connectivity index (χ1) is 10.6. The Kier molecular flexibility index (Phi) is 4.05. The van der Waals surface area contributed by atoms with E-state index in [9.17, 15) is 9.59 Å². The van der Waals surface area contributed by atoms with Gasteiger partial charge in [0.15, 0.2) is 0 Å². The van der Waals surface area contributed by atoms with Crippen molar-refractivity contribution in [3.8, 4) is 0 Å². The van der Waals surface area contributed by atoms with E-state index in [4.69, 9.17) is 4.74 Å². The number of fused-ring (bicyclic) bond motifs is 3. The molecular weight excluding hydrogens is 280 g/mol. The van der Waals surface area contributed by atoms with Crippen LogP contribution in [0.4, 0.5) is 10.5 Å². The molecule has 2 aliphatic heterocycles. The number of ether oxygens (including phenoxy) is 1. The lowest BCUT2D eigenvalue weighted by molar-refractivity contribution is -0.132. The fourth-order valence-electron chi connectivity index (χ4n) is 3.13. The first-order valence-corrected chi connectivity index (χ1v) is 7.88. The van der Waals surface area contributed by atoms with Crippen LogP contribution in [0, 0.1) is 5.92 Å². The molecule has 0 radical (unpaired) electrons. The van der Waals surface area contributed by atoms with Crippen LogP contribution in [0.1, 0.15) is 32.3 Å². The van der Waals surface area contributed by atoms with Crippen molar-refractivity contribution in [2.75, 3.05) is 18.1 Å². The van der Waals surface area contributed by atoms with Crippen molar-refractivity contribution >= 4 is 17.7 Å². The summed E-state index contributed by atoms with van der Waals surface area (Å²) in [5.41, 5.74) is 1.88. The molecular formula is C17H22N2O3. The second kappa shape index (κ2) is 5.99. The van der Waals surface area contributed by atoms with Crippen LogP contribution in [-0.2, 0) is 16.1 Å². The highest BCUT2D eigenvalue weighted by Gasteiger charge is 2.37. The number of amides is 2. The van der Waals surface area contributed by atoms with E-state index in [-0.39, 0.29) is 18.0 Å². The molecule has 0 saturated carbocycles. The second-order valence-corrected chi connectivity index (χ2v) is 6.43. The van der Waals surface area contributed by atoms with Gasteiger partial charge < -0.3 is 9.64 Å². The molecule has 1 atom stereocenters. The zero-order chi connectivity index (χ0) is 15.7. The number of carbonyl (C=O) groups is 2. The molecule has 22 heavy (non-hydrogen) atoms. The molecule has 2 aliphatic rings. The predicted octanol–water partition coefficient (Wildman–Crippen LogP) is 2.79. The smallest absolute Gasteiger partial charge is 0.414 e. The SMILES string of the molecule is CC(C)CC(=O)N1CCC2COC(=O)N2c2ccccc2C1. The van der Waals surface area contributed by atoms with Gasteiger partial charge >= 0.3 is 6.09 Å². The van der Waals surface area contributed by atoms with Gasteiger partial charge in [-0.2, -0.15) is 0 Å². The molecule has 1 aromatic rings. The van der Waals surface area contributed by atoms with Crippen molar-refractivity contribution < 1.29 is 14.3 Å². The summed E-state index contributed by atoms with van der Waals surface area (Å²) in [6, 6.07) is 7.80. The lowest BCUT2D eigenvalue weighted by Crippen LogP contribution is -2.42. The molecule has 2 heterocycles. The summed E-state index contributed by atoms with van der Waals surface area (Å²) < 4.78 is 5.21. The van der Waals surface area contributed by atoms with Gasteiger partial charge in [0.25, 0.3) is 0 Å². The summed E-state index contributed by atoms with van der Waals surface area (Å²) in [6.45, 7) is 5.73. The van der Waals surface area contributed by atoms with Crippen molar-refractivity contribution in [2.24, 2.45) is 5.92 Å². The lowest BCUT2D eigenvalue weighted by Gasteiger charge is -2.32. The van der Waals surface area contributed by atoms with Crippen LogP contribution in [0.3, 0.4) is 0 Å². The molecule has 3 rings (SSSR count). The van der Waals surface area contributed by atoms with Crippen LogP contribution in [0.25, 0.3) is 0 Å². The third-order valence-corrected chi connectivity index (χ3v) is 4.24. The number of nitrogens with zero attached hydrogens (tertiary/aromatic N) is 2. The average Bonchev–Trinajstić information content (AvgIpc) is 2.80. The maximum absolute atomic E-state index is 12.5. The van der Waals surface area contributed by atoms with Crippen LogP contribution in [0.5, 0.6) is 0 Å². The number of anilines is 1. The first-order valence-electron chi connectivity index (χ1n) is 7.88. The Balaban J connectivity index is 1.91. The van der Waals surface area contributed by atoms with E-state index in [0.29, 0.717) is 32.0 Å². The number of benzene rings is 1. The van der Waals surface area contributed by atoms with Crippen molar-refractivity contribution in [1.29, 1.82) is 0 Å². The van der Waals surface area contributed by atoms with Crippen molar-refractivity contribution in [3.63, 3.8) is 0 Å². The van der Waals surface area contributed by atoms with Gasteiger partial charge in [-0.3, -0.25) is 9.69 Å². The maximum Gasteiger partial charge on any atom is 0.414 e. The fourth-order valence-corrected chi connectivity index (χ4v) is 3.13. The van der Waals surface area contributed by atoms with E-state index >= 15 is 0 Å². The number of carbonyl (C=O) groups excluding carboxylic acids is 2. The molecule has 1 fully saturated rings. The Morgan fingerprint density at radius 3 is 2.91 bits per heavy atom. The summed E-state index contributed by atoms with van der Waals surface area (Å²) in [7, 11) is 0. The molecule has 1 saturated heterocycles. The van der Waals surface area contributed by atoms with Crippen molar-refractivity contribution in [2.45, 2.75) is 39.3 Å². The number of hydrogen-bond acceptors (Lipinski definition) is 3. The monoisotopic (exact) mass is 302 g/mol. The highest BCUT2D eigenvalue weighted by molar-refractivity contribution is 5.91. The standard InChI is InChI=1S/C17H22N2O3/c1-12(2)9-16(20)18-8-7-14-11-22-17(21)19(14)15-6-4-3-5-13(15)10-18/h3-6,12,14H,7-11H2,1-2H3. The zero-order valence-corrected chi connectivity index (χ0v) is 13.1. The highest BCUT2D eigenvalue weighted by atomic mass is 16.6. The molecule has 5 heteroatoms. The maximum atomic E-state index is 12.5. The number of cyclic esters (lactones) is 1. The Morgan fingerprint density at radius 2 is 2.14 bits per heavy atom. The Labute approximate surface area is 130 Å². The second-order valence-electron chi connectivity index (χ2n) is 6.43. The topological polar surface area (TPSA) is 49.9 Å². The van der Waals surface area contributed by atoms with Gasteiger partial charge in [-0.1, -0.05) is 32.0 Å². The zero-order valence-electron chi connectivity index (χ0n) is 13.1. The Bertz CT molecular complexity index is 585. The van der Waals surface area contributed by atoms with Gasteiger partial charge in [0.05, 0.1) is 11.7 Å². The summed E-state index contributed by atoms with van der Waals surface area (Å²) in [4.78, 5) is 28.1. The minimum absolute atomic E-state index is 0.0169. The number of hydrogen-bond donors (Lipinski definition) is 0. The van der Waals surface area contributed by atoms with Crippen molar-refractivity contribution in [1.82, 2.24) is 4.90 Å². The van der Waals surface area contributed by atoms with Gasteiger partial charge in [-0.25, -0.2) is 4.79 Å². The first kappa shape index (κ1) is 14.9. The normalized spacial score (nSPS) is 21.0. The Hall–Kier alpha value is -2.04. The average molecular weight is 302 g/mol. The Morgan fingerprint density at radius 1 is 1.36 bits per heavy atom. The van der Waals surface area contributed by atoms with E-state index in [2.05, 4.69) is 13.8 Å². The van der Waals surface area contributed by atoms with Gasteiger partial charge in [-0.15, -0.1) is 0 Å². The largest absolute Gasteiger partial charge is 0.447 e. The van der Waals surface area contributed by atoms with E-state index in [1.807, 2.05) is 29.2 Å². The summed E-state index contributed by atoms with van der Waals surface area (Å²) in [5.74, 6) is 0.532. The molecule has 0 bridgehead atoms. The van der Waals surface area contributed by atoms with E-state index in [0.717, 1.165) is 17.7 Å². The van der Waals surface area contributed by atoms with Crippen LogP contribution in [0.15, 0.2) is 24.3 Å². The minimum Gasteiger partial charge on any atom is -0.447 e. The molecule has 118 valence electrons. The van der Waals surface area contributed by atoms with Crippen LogP contribution in [0.2, 0.25) is 0 Å². The molecule has 5 nitrogen and oxygen atoms in total. The molecule has 0 N–H and O–H groups in total. The predicted molar refractivity (Wildman–Crippen MR) is 83.5 cm³/mol. The molecule has 0 aliphatic carbocycles. The number of para-hydroxylation sites is 1. The quantitative estimate of drug-likeness (QED) is 0.844. The highest BCUT2D eigenvalue weighted by Crippen LogP contribution is 2.31. The third kappa shape index (κ3) is 2.80. The van der Waals surface area contributed by atoms with Gasteiger partial charge in [0.2, 0.25) is 5.91 Å². The number of rotatable bonds is 2. The molecule has 0 spiro atoms. The lowest BCUT2D eigenvalue weighted by atomic mass is 10.0. The van der Waals surface area contributed by atoms with Gasteiger partial charge in [0.1, 0.15) is 6.61 Å². The van der Waals surface area contributed by atoms with Gasteiger partial charge in [0, 0.05) is 19.5 Å². The van der Waals surface area contributed by atoms with E-state index in [1.165, 1.54) is 0 Å². The van der Waals surface area contributed by atoms with Crippen LogP contribution in [-0.4, -0.2) is 36.1 Å². The third-order valence-electron chi connectivity index (χ3n) is 4.24. The molecule has 1 unspecified atom stereocenters. The summed E-state index contributed by atoms with van der Waals surface area (Å²) in [5, 5.41) is 0. The minimum atomic E-state index is -0.278. The molecule has 1 aromatic carbocycles. The van der Waals surface area contributed by atoms with Crippen LogP contribution >= 0.6 is 0 Å². The molecule has 0 aromatic heterocycles. The van der Waals surface area contributed by atoms with Crippen molar-refractivity contribution in [3.05, 3.63) is 29.8 Å². The summed E-state index contributed by atoms with van der Waals surface area (Å²) >= 11 is 0. The van der Waals surface area contributed by atoms with Gasteiger partial charge in [-0.05, 0) is 24.0 Å². The summed E-state index contributed by atoms with van der Waals surface area (Å²) in [6.07, 6.45) is 1.04. The van der Waals surface area contributed by atoms with E-state index in [1.54, 1.807) is 4.90 Å². The fraction of sp³-hybridized carbons (Fsp3) is 0.529. The van der Waals surface area contributed by atoms with E-state index < -0.39 is 0 Å².